The Morgan fingerprint density at radius 2 is 1.91 bits per heavy atom. The van der Waals surface area contributed by atoms with Gasteiger partial charge in [-0.15, -0.1) is 0 Å². The predicted octanol–water partition coefficient (Wildman–Crippen LogP) is 2.43. The maximum atomic E-state index is 5.43. The van der Waals surface area contributed by atoms with Gasteiger partial charge in [-0.2, -0.15) is 4.98 Å². The van der Waals surface area contributed by atoms with E-state index in [2.05, 4.69) is 33.0 Å². The lowest BCUT2D eigenvalue weighted by molar-refractivity contribution is 0.122. The SMILES string of the molecule is Cc1ccccc1-c1noc2ncnc(N3CCOCC3)c12. The highest BCUT2D eigenvalue weighted by atomic mass is 16.5. The monoisotopic (exact) mass is 296 g/mol. The molecule has 1 aliphatic rings. The van der Waals surface area contributed by atoms with Gasteiger partial charge in [0.2, 0.25) is 0 Å². The molecule has 0 saturated carbocycles. The van der Waals surface area contributed by atoms with Crippen molar-refractivity contribution in [1.29, 1.82) is 0 Å². The summed E-state index contributed by atoms with van der Waals surface area (Å²) in [6.07, 6.45) is 1.53. The van der Waals surface area contributed by atoms with E-state index < -0.39 is 0 Å². The molecule has 22 heavy (non-hydrogen) atoms. The Morgan fingerprint density at radius 3 is 2.73 bits per heavy atom. The lowest BCUT2D eigenvalue weighted by Crippen LogP contribution is -2.36. The molecule has 1 saturated heterocycles. The van der Waals surface area contributed by atoms with Crippen molar-refractivity contribution in [3.63, 3.8) is 0 Å². The van der Waals surface area contributed by atoms with Crippen LogP contribution in [0.25, 0.3) is 22.4 Å². The maximum absolute atomic E-state index is 5.43. The molecule has 3 heterocycles. The van der Waals surface area contributed by atoms with E-state index in [4.69, 9.17) is 9.26 Å². The van der Waals surface area contributed by atoms with Crippen molar-refractivity contribution in [3.05, 3.63) is 36.2 Å². The van der Waals surface area contributed by atoms with Crippen molar-refractivity contribution in [1.82, 2.24) is 15.1 Å². The highest BCUT2D eigenvalue weighted by molar-refractivity contribution is 5.98. The van der Waals surface area contributed by atoms with Crippen molar-refractivity contribution in [2.45, 2.75) is 6.92 Å². The summed E-state index contributed by atoms with van der Waals surface area (Å²) in [6.45, 7) is 5.09. The van der Waals surface area contributed by atoms with Gasteiger partial charge in [0.05, 0.1) is 13.2 Å². The van der Waals surface area contributed by atoms with Crippen LogP contribution in [0.1, 0.15) is 5.56 Å². The number of nitrogens with zero attached hydrogens (tertiary/aromatic N) is 4. The fourth-order valence-electron chi connectivity index (χ4n) is 2.81. The van der Waals surface area contributed by atoms with E-state index in [-0.39, 0.29) is 0 Å². The molecule has 0 spiro atoms. The molecule has 0 unspecified atom stereocenters. The second-order valence-corrected chi connectivity index (χ2v) is 5.32. The van der Waals surface area contributed by atoms with Gasteiger partial charge in [0.1, 0.15) is 23.2 Å². The summed E-state index contributed by atoms with van der Waals surface area (Å²) in [5.41, 5.74) is 3.52. The number of fused-ring (bicyclic) bond motifs is 1. The fourth-order valence-corrected chi connectivity index (χ4v) is 2.81. The normalized spacial score (nSPS) is 15.4. The molecule has 0 N–H and O–H groups in total. The molecule has 2 aromatic heterocycles. The van der Waals surface area contributed by atoms with E-state index in [1.807, 2.05) is 18.2 Å². The minimum absolute atomic E-state index is 0.523. The molecule has 0 bridgehead atoms. The van der Waals surface area contributed by atoms with E-state index in [9.17, 15) is 0 Å². The molecular formula is C16H16N4O2. The summed E-state index contributed by atoms with van der Waals surface area (Å²) in [5, 5.41) is 5.12. The summed E-state index contributed by atoms with van der Waals surface area (Å²) in [5.74, 6) is 0.868. The highest BCUT2D eigenvalue weighted by Crippen LogP contribution is 2.34. The van der Waals surface area contributed by atoms with E-state index in [0.717, 1.165) is 41.1 Å². The third-order valence-corrected chi connectivity index (χ3v) is 3.96. The Kier molecular flexibility index (Phi) is 3.23. The number of aromatic nitrogens is 3. The Labute approximate surface area is 127 Å². The summed E-state index contributed by atoms with van der Waals surface area (Å²) >= 11 is 0. The van der Waals surface area contributed by atoms with Gasteiger partial charge in [0.25, 0.3) is 5.71 Å². The first-order chi connectivity index (χ1) is 10.8. The average molecular weight is 296 g/mol. The quantitative estimate of drug-likeness (QED) is 0.723. The topological polar surface area (TPSA) is 64.3 Å². The van der Waals surface area contributed by atoms with Crippen molar-refractivity contribution in [3.8, 4) is 11.3 Å². The summed E-state index contributed by atoms with van der Waals surface area (Å²) in [6, 6.07) is 8.12. The largest absolute Gasteiger partial charge is 0.378 e. The second-order valence-electron chi connectivity index (χ2n) is 5.32. The van der Waals surface area contributed by atoms with Gasteiger partial charge in [-0.1, -0.05) is 29.4 Å². The van der Waals surface area contributed by atoms with Crippen LogP contribution in [-0.4, -0.2) is 41.4 Å². The third-order valence-electron chi connectivity index (χ3n) is 3.96. The molecule has 112 valence electrons. The first-order valence-electron chi connectivity index (χ1n) is 7.33. The fraction of sp³-hybridized carbons (Fsp3) is 0.312. The average Bonchev–Trinajstić information content (AvgIpc) is 3.00. The first-order valence-corrected chi connectivity index (χ1v) is 7.33. The van der Waals surface area contributed by atoms with Crippen LogP contribution in [0, 0.1) is 6.92 Å². The Morgan fingerprint density at radius 1 is 1.09 bits per heavy atom. The van der Waals surface area contributed by atoms with Gasteiger partial charge in [-0.05, 0) is 12.5 Å². The number of rotatable bonds is 2. The minimum Gasteiger partial charge on any atom is -0.378 e. The molecule has 0 radical (unpaired) electrons. The predicted molar refractivity (Wildman–Crippen MR) is 82.8 cm³/mol. The van der Waals surface area contributed by atoms with Crippen LogP contribution in [0.2, 0.25) is 0 Å². The standard InChI is InChI=1S/C16H16N4O2/c1-11-4-2-3-5-12(11)14-13-15(20-6-8-21-9-7-20)17-10-18-16(13)22-19-14/h2-5,10H,6-9H2,1H3. The van der Waals surface area contributed by atoms with Crippen LogP contribution < -0.4 is 4.90 Å². The van der Waals surface area contributed by atoms with Crippen LogP contribution in [0.3, 0.4) is 0 Å². The number of hydrogen-bond acceptors (Lipinski definition) is 6. The lowest BCUT2D eigenvalue weighted by Gasteiger charge is -2.28. The highest BCUT2D eigenvalue weighted by Gasteiger charge is 2.22. The molecule has 0 aliphatic carbocycles. The summed E-state index contributed by atoms with van der Waals surface area (Å²) < 4.78 is 10.9. The maximum Gasteiger partial charge on any atom is 0.263 e. The molecule has 3 aromatic rings. The number of benzene rings is 1. The molecule has 0 atom stereocenters. The summed E-state index contributed by atoms with van der Waals surface area (Å²) in [7, 11) is 0. The van der Waals surface area contributed by atoms with Gasteiger partial charge in [-0.3, -0.25) is 0 Å². The van der Waals surface area contributed by atoms with Gasteiger partial charge < -0.3 is 14.2 Å². The van der Waals surface area contributed by atoms with Crippen LogP contribution in [-0.2, 0) is 4.74 Å². The van der Waals surface area contributed by atoms with E-state index in [1.165, 1.54) is 6.33 Å². The number of anilines is 1. The van der Waals surface area contributed by atoms with Crippen molar-refractivity contribution in [2.75, 3.05) is 31.2 Å². The van der Waals surface area contributed by atoms with Crippen LogP contribution >= 0.6 is 0 Å². The van der Waals surface area contributed by atoms with Gasteiger partial charge in [-0.25, -0.2) is 4.98 Å². The molecule has 1 aliphatic heterocycles. The third kappa shape index (κ3) is 2.12. The van der Waals surface area contributed by atoms with E-state index >= 15 is 0 Å². The van der Waals surface area contributed by atoms with Crippen LogP contribution in [0.4, 0.5) is 5.82 Å². The first kappa shape index (κ1) is 13.2. The number of aryl methyl sites for hydroxylation is 1. The molecule has 0 amide bonds. The second kappa shape index (κ2) is 5.38. The Bertz CT molecular complexity index is 809. The molecular weight excluding hydrogens is 280 g/mol. The zero-order valence-corrected chi connectivity index (χ0v) is 12.3. The molecule has 6 nitrogen and oxygen atoms in total. The Hall–Kier alpha value is -2.47. The zero-order chi connectivity index (χ0) is 14.9. The van der Waals surface area contributed by atoms with Gasteiger partial charge in [0.15, 0.2) is 0 Å². The van der Waals surface area contributed by atoms with Gasteiger partial charge in [0, 0.05) is 18.7 Å². The van der Waals surface area contributed by atoms with Crippen molar-refractivity contribution >= 4 is 16.9 Å². The summed E-state index contributed by atoms with van der Waals surface area (Å²) in [4.78, 5) is 10.9. The van der Waals surface area contributed by atoms with E-state index in [0.29, 0.717) is 18.9 Å². The molecule has 6 heteroatoms. The number of ether oxygens (including phenoxy) is 1. The Balaban J connectivity index is 1.91. The molecule has 1 aromatic carbocycles. The minimum atomic E-state index is 0.523. The molecule has 1 fully saturated rings. The van der Waals surface area contributed by atoms with E-state index in [1.54, 1.807) is 0 Å². The van der Waals surface area contributed by atoms with Crippen LogP contribution in [0.5, 0.6) is 0 Å². The number of morpholine rings is 1. The van der Waals surface area contributed by atoms with Crippen LogP contribution in [0.15, 0.2) is 35.1 Å². The van der Waals surface area contributed by atoms with Crippen molar-refractivity contribution < 1.29 is 9.26 Å². The smallest absolute Gasteiger partial charge is 0.263 e. The van der Waals surface area contributed by atoms with Crippen molar-refractivity contribution in [2.24, 2.45) is 0 Å². The molecule has 4 rings (SSSR count). The van der Waals surface area contributed by atoms with Gasteiger partial charge >= 0.3 is 0 Å². The lowest BCUT2D eigenvalue weighted by atomic mass is 10.0. The zero-order valence-electron chi connectivity index (χ0n) is 12.3. The number of hydrogen-bond donors (Lipinski definition) is 0.